The average Bonchev–Trinajstić information content (AvgIpc) is 2.77. The lowest BCUT2D eigenvalue weighted by atomic mass is 10.2. The third kappa shape index (κ3) is 3.22. The van der Waals surface area contributed by atoms with Crippen molar-refractivity contribution in [1.82, 2.24) is 10.2 Å². The third-order valence-corrected chi connectivity index (χ3v) is 3.73. The number of rotatable bonds is 3. The topological polar surface area (TPSA) is 54.9 Å². The molecule has 2 rings (SSSR count). The summed E-state index contributed by atoms with van der Waals surface area (Å²) in [5.74, 6) is -0.151. The van der Waals surface area contributed by atoms with Gasteiger partial charge in [-0.25, -0.2) is 0 Å². The van der Waals surface area contributed by atoms with Crippen LogP contribution in [-0.2, 0) is 6.42 Å². The molecule has 1 aromatic carbocycles. The largest absolute Gasteiger partial charge is 0.296 e. The summed E-state index contributed by atoms with van der Waals surface area (Å²) in [7, 11) is 0. The SMILES string of the molecule is CCc1nnc(NC(=O)c2cccc(I)c2)s1. The number of carbonyl (C=O) groups is 1. The van der Waals surface area contributed by atoms with Crippen LogP contribution in [0, 0.1) is 3.57 Å². The highest BCUT2D eigenvalue weighted by atomic mass is 127. The van der Waals surface area contributed by atoms with Gasteiger partial charge in [0.2, 0.25) is 5.13 Å². The molecule has 17 heavy (non-hydrogen) atoms. The summed E-state index contributed by atoms with van der Waals surface area (Å²) in [5, 5.41) is 12.1. The van der Waals surface area contributed by atoms with Crippen LogP contribution in [0.2, 0.25) is 0 Å². The van der Waals surface area contributed by atoms with Crippen LogP contribution >= 0.6 is 33.9 Å². The Hall–Kier alpha value is -1.02. The Balaban J connectivity index is 2.11. The van der Waals surface area contributed by atoms with Crippen LogP contribution in [0.15, 0.2) is 24.3 Å². The number of benzene rings is 1. The standard InChI is InChI=1S/C11H10IN3OS/c1-2-9-14-15-11(17-9)13-10(16)7-4-3-5-8(12)6-7/h3-6H,2H2,1H3,(H,13,15,16). The first-order valence-electron chi connectivity index (χ1n) is 5.08. The van der Waals surface area contributed by atoms with Gasteiger partial charge in [-0.3, -0.25) is 10.1 Å². The van der Waals surface area contributed by atoms with Crippen molar-refractivity contribution in [3.05, 3.63) is 38.4 Å². The summed E-state index contributed by atoms with van der Waals surface area (Å²) < 4.78 is 1.03. The minimum Gasteiger partial charge on any atom is -0.296 e. The molecular weight excluding hydrogens is 349 g/mol. The van der Waals surface area contributed by atoms with E-state index in [4.69, 9.17) is 0 Å². The van der Waals surface area contributed by atoms with Crippen LogP contribution in [0.3, 0.4) is 0 Å². The highest BCUT2D eigenvalue weighted by molar-refractivity contribution is 14.1. The minimum absolute atomic E-state index is 0.151. The first kappa shape index (κ1) is 12.4. The molecule has 0 atom stereocenters. The second-order valence-electron chi connectivity index (χ2n) is 3.32. The van der Waals surface area contributed by atoms with Crippen LogP contribution < -0.4 is 5.32 Å². The number of carbonyl (C=O) groups excluding carboxylic acids is 1. The van der Waals surface area contributed by atoms with Gasteiger partial charge in [-0.15, -0.1) is 10.2 Å². The molecule has 1 heterocycles. The fourth-order valence-corrected chi connectivity index (χ4v) is 2.46. The van der Waals surface area contributed by atoms with Crippen molar-refractivity contribution in [2.75, 3.05) is 5.32 Å². The van der Waals surface area contributed by atoms with E-state index in [1.54, 1.807) is 6.07 Å². The van der Waals surface area contributed by atoms with Gasteiger partial charge in [0.1, 0.15) is 5.01 Å². The van der Waals surface area contributed by atoms with Gasteiger partial charge < -0.3 is 0 Å². The second kappa shape index (κ2) is 5.54. The van der Waals surface area contributed by atoms with Gasteiger partial charge in [0.25, 0.3) is 5.91 Å². The number of aromatic nitrogens is 2. The van der Waals surface area contributed by atoms with E-state index in [0.29, 0.717) is 10.7 Å². The summed E-state index contributed by atoms with van der Waals surface area (Å²) in [5.41, 5.74) is 0.630. The lowest BCUT2D eigenvalue weighted by Crippen LogP contribution is -2.11. The molecule has 0 bridgehead atoms. The Bertz CT molecular complexity index is 541. The van der Waals surface area contributed by atoms with Gasteiger partial charge in [0.15, 0.2) is 0 Å². The fraction of sp³-hybridized carbons (Fsp3) is 0.182. The normalized spacial score (nSPS) is 10.2. The lowest BCUT2D eigenvalue weighted by molar-refractivity contribution is 0.102. The van der Waals surface area contributed by atoms with Crippen LogP contribution in [-0.4, -0.2) is 16.1 Å². The summed E-state index contributed by atoms with van der Waals surface area (Å²) in [4.78, 5) is 11.9. The summed E-state index contributed by atoms with van der Waals surface area (Å²) >= 11 is 3.58. The molecule has 1 aromatic heterocycles. The Morgan fingerprint density at radius 2 is 2.29 bits per heavy atom. The number of aryl methyl sites for hydroxylation is 1. The molecule has 0 unspecified atom stereocenters. The Morgan fingerprint density at radius 3 is 2.94 bits per heavy atom. The predicted octanol–water partition coefficient (Wildman–Crippen LogP) is 2.96. The Labute approximate surface area is 117 Å². The monoisotopic (exact) mass is 359 g/mol. The quantitative estimate of drug-likeness (QED) is 0.858. The maximum atomic E-state index is 11.9. The van der Waals surface area contributed by atoms with E-state index in [1.807, 2.05) is 25.1 Å². The maximum absolute atomic E-state index is 11.9. The number of nitrogens with zero attached hydrogens (tertiary/aromatic N) is 2. The zero-order chi connectivity index (χ0) is 12.3. The van der Waals surface area contributed by atoms with Crippen molar-refractivity contribution in [3.63, 3.8) is 0 Å². The van der Waals surface area contributed by atoms with Gasteiger partial charge in [-0.05, 0) is 47.2 Å². The molecule has 0 aliphatic heterocycles. The highest BCUT2D eigenvalue weighted by Gasteiger charge is 2.09. The zero-order valence-electron chi connectivity index (χ0n) is 9.11. The van der Waals surface area contributed by atoms with Crippen LogP contribution in [0.4, 0.5) is 5.13 Å². The smallest absolute Gasteiger partial charge is 0.257 e. The van der Waals surface area contributed by atoms with E-state index in [2.05, 4.69) is 38.1 Å². The number of anilines is 1. The second-order valence-corrected chi connectivity index (χ2v) is 5.63. The van der Waals surface area contributed by atoms with Gasteiger partial charge >= 0.3 is 0 Å². The van der Waals surface area contributed by atoms with Crippen molar-refractivity contribution in [2.24, 2.45) is 0 Å². The molecule has 6 heteroatoms. The molecule has 1 N–H and O–H groups in total. The molecule has 0 aliphatic rings. The first-order chi connectivity index (χ1) is 8.19. The van der Waals surface area contributed by atoms with Crippen molar-refractivity contribution >= 4 is 45.0 Å². The summed E-state index contributed by atoms with van der Waals surface area (Å²) in [6.45, 7) is 2.01. The molecule has 4 nitrogen and oxygen atoms in total. The van der Waals surface area contributed by atoms with E-state index in [1.165, 1.54) is 11.3 Å². The van der Waals surface area contributed by atoms with E-state index in [9.17, 15) is 4.79 Å². The fourth-order valence-electron chi connectivity index (χ4n) is 1.25. The van der Waals surface area contributed by atoms with Crippen LogP contribution in [0.5, 0.6) is 0 Å². The molecule has 0 spiro atoms. The number of hydrogen-bond donors (Lipinski definition) is 1. The van der Waals surface area contributed by atoms with Crippen LogP contribution in [0.1, 0.15) is 22.3 Å². The van der Waals surface area contributed by atoms with Gasteiger partial charge in [0, 0.05) is 9.13 Å². The zero-order valence-corrected chi connectivity index (χ0v) is 12.1. The van der Waals surface area contributed by atoms with Gasteiger partial charge in [-0.1, -0.05) is 24.3 Å². The van der Waals surface area contributed by atoms with Gasteiger partial charge in [0.05, 0.1) is 0 Å². The van der Waals surface area contributed by atoms with Crippen molar-refractivity contribution in [1.29, 1.82) is 0 Å². The molecule has 2 aromatic rings. The molecule has 0 fully saturated rings. The maximum Gasteiger partial charge on any atom is 0.257 e. The molecule has 0 radical (unpaired) electrons. The Morgan fingerprint density at radius 1 is 1.47 bits per heavy atom. The molecule has 1 amide bonds. The van der Waals surface area contributed by atoms with Crippen molar-refractivity contribution in [2.45, 2.75) is 13.3 Å². The number of amides is 1. The Kier molecular flexibility index (Phi) is 4.06. The number of nitrogens with one attached hydrogen (secondary N) is 1. The number of halogens is 1. The van der Waals surface area contributed by atoms with E-state index < -0.39 is 0 Å². The van der Waals surface area contributed by atoms with Crippen molar-refractivity contribution < 1.29 is 4.79 Å². The van der Waals surface area contributed by atoms with E-state index in [-0.39, 0.29) is 5.91 Å². The lowest BCUT2D eigenvalue weighted by Gasteiger charge is -2.01. The average molecular weight is 359 g/mol. The first-order valence-corrected chi connectivity index (χ1v) is 6.98. The number of hydrogen-bond acceptors (Lipinski definition) is 4. The third-order valence-electron chi connectivity index (χ3n) is 2.08. The molecule has 0 aliphatic carbocycles. The van der Waals surface area contributed by atoms with E-state index in [0.717, 1.165) is 15.0 Å². The predicted molar refractivity (Wildman–Crippen MR) is 76.4 cm³/mol. The molecule has 88 valence electrons. The molecule has 0 saturated heterocycles. The summed E-state index contributed by atoms with van der Waals surface area (Å²) in [6, 6.07) is 7.41. The summed E-state index contributed by atoms with van der Waals surface area (Å²) in [6.07, 6.45) is 0.830. The van der Waals surface area contributed by atoms with Crippen LogP contribution in [0.25, 0.3) is 0 Å². The molecule has 0 saturated carbocycles. The van der Waals surface area contributed by atoms with Gasteiger partial charge in [-0.2, -0.15) is 0 Å². The van der Waals surface area contributed by atoms with Crippen molar-refractivity contribution in [3.8, 4) is 0 Å². The van der Waals surface area contributed by atoms with E-state index >= 15 is 0 Å². The minimum atomic E-state index is -0.151. The highest BCUT2D eigenvalue weighted by Crippen LogP contribution is 2.17. The molecular formula is C11H10IN3OS.